The van der Waals surface area contributed by atoms with Crippen molar-refractivity contribution < 1.29 is 4.39 Å². The Hall–Kier alpha value is -1.38. The van der Waals surface area contributed by atoms with Gasteiger partial charge in [0.1, 0.15) is 5.82 Å². The van der Waals surface area contributed by atoms with Gasteiger partial charge >= 0.3 is 0 Å². The summed E-state index contributed by atoms with van der Waals surface area (Å²) in [6.07, 6.45) is 1.04. The van der Waals surface area contributed by atoms with Gasteiger partial charge in [0.05, 0.1) is 6.04 Å². The van der Waals surface area contributed by atoms with Crippen molar-refractivity contribution >= 4 is 11.6 Å². The quantitative estimate of drug-likeness (QED) is 0.828. The summed E-state index contributed by atoms with van der Waals surface area (Å²) in [6, 6.07) is 12.7. The molecule has 0 fully saturated rings. The van der Waals surface area contributed by atoms with Crippen LogP contribution in [-0.2, 0) is 0 Å². The highest BCUT2D eigenvalue weighted by Crippen LogP contribution is 2.26. The summed E-state index contributed by atoms with van der Waals surface area (Å²) in [5.74, 6) is -0.218. The van der Waals surface area contributed by atoms with Crippen molar-refractivity contribution in [2.45, 2.75) is 26.3 Å². The monoisotopic (exact) mass is 291 g/mol. The third-order valence-electron chi connectivity index (χ3n) is 3.33. The molecule has 0 heterocycles. The molecule has 1 unspecified atom stereocenters. The maximum Gasteiger partial charge on any atom is 0.123 e. The second-order valence-electron chi connectivity index (χ2n) is 4.95. The van der Waals surface area contributed by atoms with Gasteiger partial charge in [0.2, 0.25) is 0 Å². The first-order valence-corrected chi connectivity index (χ1v) is 7.24. The Kier molecular flexibility index (Phi) is 5.16. The van der Waals surface area contributed by atoms with Crippen LogP contribution in [0.5, 0.6) is 0 Å². The summed E-state index contributed by atoms with van der Waals surface area (Å²) < 4.78 is 13.1. The minimum Gasteiger partial charge on any atom is -0.306 e. The van der Waals surface area contributed by atoms with E-state index in [1.54, 1.807) is 0 Å². The fourth-order valence-corrected chi connectivity index (χ4v) is 2.35. The summed E-state index contributed by atoms with van der Waals surface area (Å²) >= 11 is 6.22. The lowest BCUT2D eigenvalue weighted by Crippen LogP contribution is -2.23. The number of hydrogen-bond acceptors (Lipinski definition) is 1. The molecule has 0 aliphatic rings. The molecule has 106 valence electrons. The van der Waals surface area contributed by atoms with Crippen LogP contribution in [0, 0.1) is 12.7 Å². The summed E-state index contributed by atoms with van der Waals surface area (Å²) in [4.78, 5) is 0. The third-order valence-corrected chi connectivity index (χ3v) is 3.74. The number of halogens is 2. The second kappa shape index (κ2) is 6.87. The van der Waals surface area contributed by atoms with Crippen LogP contribution in [0.25, 0.3) is 0 Å². The lowest BCUT2D eigenvalue weighted by Gasteiger charge is -2.20. The lowest BCUT2D eigenvalue weighted by molar-refractivity contribution is 0.593. The third kappa shape index (κ3) is 3.59. The normalized spacial score (nSPS) is 12.4. The van der Waals surface area contributed by atoms with E-state index in [1.165, 1.54) is 12.1 Å². The maximum absolute atomic E-state index is 13.1. The average Bonchev–Trinajstić information content (AvgIpc) is 2.45. The molecule has 0 aliphatic heterocycles. The van der Waals surface area contributed by atoms with Crippen LogP contribution in [0.3, 0.4) is 0 Å². The Morgan fingerprint density at radius 1 is 1.10 bits per heavy atom. The van der Waals surface area contributed by atoms with Crippen LogP contribution < -0.4 is 5.32 Å². The highest BCUT2D eigenvalue weighted by atomic mass is 35.5. The van der Waals surface area contributed by atoms with Gasteiger partial charge in [-0.3, -0.25) is 0 Å². The molecule has 2 rings (SSSR count). The molecule has 1 atom stereocenters. The molecule has 2 aromatic rings. The summed E-state index contributed by atoms with van der Waals surface area (Å²) in [6.45, 7) is 5.00. The van der Waals surface area contributed by atoms with Crippen molar-refractivity contribution in [1.82, 2.24) is 5.32 Å². The predicted octanol–water partition coefficient (Wildman–Crippen LogP) is 4.88. The van der Waals surface area contributed by atoms with E-state index >= 15 is 0 Å². The molecule has 0 saturated heterocycles. The molecule has 0 saturated carbocycles. The van der Waals surface area contributed by atoms with Crippen molar-refractivity contribution in [3.8, 4) is 0 Å². The van der Waals surface area contributed by atoms with Gasteiger partial charge in [0.25, 0.3) is 0 Å². The number of hydrogen-bond donors (Lipinski definition) is 1. The van der Waals surface area contributed by atoms with Crippen LogP contribution in [0.4, 0.5) is 4.39 Å². The molecule has 0 radical (unpaired) electrons. The molecule has 0 amide bonds. The Labute approximate surface area is 124 Å². The Morgan fingerprint density at radius 2 is 1.75 bits per heavy atom. The Bertz CT molecular complexity index is 566. The van der Waals surface area contributed by atoms with Crippen molar-refractivity contribution in [2.24, 2.45) is 0 Å². The molecule has 1 nitrogen and oxygen atoms in total. The highest BCUT2D eigenvalue weighted by Gasteiger charge is 2.14. The van der Waals surface area contributed by atoms with E-state index in [0.29, 0.717) is 0 Å². The molecular formula is C17H19ClFN. The first-order chi connectivity index (χ1) is 9.61. The van der Waals surface area contributed by atoms with Crippen LogP contribution in [-0.4, -0.2) is 6.54 Å². The topological polar surface area (TPSA) is 12.0 Å². The van der Waals surface area contributed by atoms with E-state index in [4.69, 9.17) is 11.6 Å². The number of nitrogens with one attached hydrogen (secondary N) is 1. The van der Waals surface area contributed by atoms with E-state index < -0.39 is 0 Å². The van der Waals surface area contributed by atoms with E-state index in [-0.39, 0.29) is 11.9 Å². The van der Waals surface area contributed by atoms with E-state index in [2.05, 4.69) is 18.3 Å². The molecule has 0 aliphatic carbocycles. The first-order valence-electron chi connectivity index (χ1n) is 6.86. The SMILES string of the molecule is CCCNC(c1ccc(F)cc1)c1ccc(C)c(Cl)c1. The van der Waals surface area contributed by atoms with Gasteiger partial charge < -0.3 is 5.32 Å². The van der Waals surface area contributed by atoms with Gasteiger partial charge in [-0.15, -0.1) is 0 Å². The van der Waals surface area contributed by atoms with Crippen LogP contribution >= 0.6 is 11.6 Å². The van der Waals surface area contributed by atoms with Gasteiger partial charge in [-0.25, -0.2) is 4.39 Å². The number of aryl methyl sites for hydroxylation is 1. The van der Waals surface area contributed by atoms with Gasteiger partial charge in [-0.05, 0) is 54.8 Å². The van der Waals surface area contributed by atoms with Crippen molar-refractivity contribution in [2.75, 3.05) is 6.54 Å². The number of benzene rings is 2. The minimum atomic E-state index is -0.218. The van der Waals surface area contributed by atoms with Crippen LogP contribution in [0.15, 0.2) is 42.5 Å². The fraction of sp³-hybridized carbons (Fsp3) is 0.294. The highest BCUT2D eigenvalue weighted by molar-refractivity contribution is 6.31. The zero-order valence-corrected chi connectivity index (χ0v) is 12.5. The fourth-order valence-electron chi connectivity index (χ4n) is 2.16. The summed E-state index contributed by atoms with van der Waals surface area (Å²) in [5, 5.41) is 4.24. The summed E-state index contributed by atoms with van der Waals surface area (Å²) in [7, 11) is 0. The molecule has 1 N–H and O–H groups in total. The maximum atomic E-state index is 13.1. The van der Waals surface area contributed by atoms with Crippen molar-refractivity contribution in [3.05, 3.63) is 70.0 Å². The van der Waals surface area contributed by atoms with Gasteiger partial charge in [0, 0.05) is 5.02 Å². The average molecular weight is 292 g/mol. The van der Waals surface area contributed by atoms with Gasteiger partial charge in [-0.2, -0.15) is 0 Å². The van der Waals surface area contributed by atoms with E-state index in [0.717, 1.165) is 34.7 Å². The van der Waals surface area contributed by atoms with Gasteiger partial charge in [0.15, 0.2) is 0 Å². The van der Waals surface area contributed by atoms with Crippen LogP contribution in [0.2, 0.25) is 5.02 Å². The largest absolute Gasteiger partial charge is 0.306 e. The molecule has 20 heavy (non-hydrogen) atoms. The molecule has 0 spiro atoms. The Morgan fingerprint density at radius 3 is 2.35 bits per heavy atom. The van der Waals surface area contributed by atoms with Crippen molar-refractivity contribution in [3.63, 3.8) is 0 Å². The Balaban J connectivity index is 2.35. The summed E-state index contributed by atoms with van der Waals surface area (Å²) in [5.41, 5.74) is 3.20. The molecule has 2 aromatic carbocycles. The molecule has 0 bridgehead atoms. The predicted molar refractivity (Wildman–Crippen MR) is 82.7 cm³/mol. The smallest absolute Gasteiger partial charge is 0.123 e. The zero-order valence-electron chi connectivity index (χ0n) is 11.8. The van der Waals surface area contributed by atoms with E-state index in [9.17, 15) is 4.39 Å². The standard InChI is InChI=1S/C17H19ClFN/c1-3-10-20-17(13-6-8-15(19)9-7-13)14-5-4-12(2)16(18)11-14/h4-9,11,17,20H,3,10H2,1-2H3. The molecular weight excluding hydrogens is 273 g/mol. The van der Waals surface area contributed by atoms with Crippen molar-refractivity contribution in [1.29, 1.82) is 0 Å². The zero-order chi connectivity index (χ0) is 14.5. The first kappa shape index (κ1) is 15.0. The van der Waals surface area contributed by atoms with Crippen LogP contribution in [0.1, 0.15) is 36.1 Å². The lowest BCUT2D eigenvalue weighted by atomic mass is 9.97. The second-order valence-corrected chi connectivity index (χ2v) is 5.35. The minimum absolute atomic E-state index is 0.0358. The molecule has 0 aromatic heterocycles. The van der Waals surface area contributed by atoms with E-state index in [1.807, 2.05) is 31.2 Å². The van der Waals surface area contributed by atoms with Gasteiger partial charge in [-0.1, -0.05) is 42.8 Å². The molecule has 3 heteroatoms. The number of rotatable bonds is 5.